The third kappa shape index (κ3) is 7.95. The summed E-state index contributed by atoms with van der Waals surface area (Å²) in [6.45, 7) is 4.58. The minimum atomic E-state index is -0.292. The average Bonchev–Trinajstić information content (AvgIpc) is 3.29. The fraction of sp³-hybridized carbons (Fsp3) is 0.304. The van der Waals surface area contributed by atoms with Crippen LogP contribution in [0.1, 0.15) is 18.1 Å². The van der Waals surface area contributed by atoms with Gasteiger partial charge in [0.25, 0.3) is 0 Å². The van der Waals surface area contributed by atoms with E-state index in [1.165, 1.54) is 11.6 Å². The van der Waals surface area contributed by atoms with E-state index in [-0.39, 0.29) is 29.8 Å². The minimum Gasteiger partial charge on any atom is -0.376 e. The predicted octanol–water partition coefficient (Wildman–Crippen LogP) is 4.15. The number of aliphatic imine (C=N–C) groups is 1. The zero-order valence-corrected chi connectivity index (χ0v) is 20.1. The quantitative estimate of drug-likeness (QED) is 0.245. The maximum Gasteiger partial charge on any atom is 0.191 e. The average molecular weight is 537 g/mol. The molecule has 6 nitrogen and oxygen atoms in total. The summed E-state index contributed by atoms with van der Waals surface area (Å²) in [4.78, 5) is 8.18. The van der Waals surface area contributed by atoms with Crippen molar-refractivity contribution in [3.8, 4) is 5.69 Å². The second kappa shape index (κ2) is 13.1. The van der Waals surface area contributed by atoms with Crippen LogP contribution in [-0.2, 0) is 17.9 Å². The standard InChI is InChI=1S/C23H28FN5O.HI/c1-18(15-30-16-19-6-4-3-5-7-19)13-27-23(25-2)28-14-20-8-9-22(21(24)12-20)29-11-10-26-17-29;/h3-12,17-18H,13-16H2,1-2H3,(H2,25,27,28);1H. The van der Waals surface area contributed by atoms with E-state index in [2.05, 4.69) is 39.7 Å². The number of rotatable bonds is 9. The van der Waals surface area contributed by atoms with Gasteiger partial charge in [-0.15, -0.1) is 24.0 Å². The Morgan fingerprint density at radius 3 is 2.65 bits per heavy atom. The number of guanidine groups is 1. The highest BCUT2D eigenvalue weighted by atomic mass is 127. The number of imidazole rings is 1. The van der Waals surface area contributed by atoms with E-state index in [0.717, 1.165) is 12.1 Å². The zero-order valence-electron chi connectivity index (χ0n) is 17.8. The van der Waals surface area contributed by atoms with Gasteiger partial charge in [0.1, 0.15) is 5.82 Å². The van der Waals surface area contributed by atoms with Gasteiger partial charge in [-0.1, -0.05) is 43.3 Å². The molecule has 0 saturated heterocycles. The van der Waals surface area contributed by atoms with Crippen molar-refractivity contribution in [3.05, 3.63) is 84.2 Å². The van der Waals surface area contributed by atoms with Gasteiger partial charge in [0.2, 0.25) is 0 Å². The van der Waals surface area contributed by atoms with Crippen LogP contribution in [-0.4, -0.2) is 35.7 Å². The number of hydrogen-bond acceptors (Lipinski definition) is 3. The Balaban J connectivity index is 0.00000341. The van der Waals surface area contributed by atoms with Gasteiger partial charge in [-0.2, -0.15) is 0 Å². The first-order valence-corrected chi connectivity index (χ1v) is 9.98. The summed E-state index contributed by atoms with van der Waals surface area (Å²) in [7, 11) is 1.72. The number of nitrogens with zero attached hydrogens (tertiary/aromatic N) is 3. The van der Waals surface area contributed by atoms with Crippen LogP contribution in [0.2, 0.25) is 0 Å². The Kier molecular flexibility index (Phi) is 10.5. The summed E-state index contributed by atoms with van der Waals surface area (Å²) in [5, 5.41) is 6.51. The number of nitrogens with one attached hydrogen (secondary N) is 2. The van der Waals surface area contributed by atoms with Gasteiger partial charge in [0.15, 0.2) is 5.96 Å². The number of benzene rings is 2. The van der Waals surface area contributed by atoms with Crippen LogP contribution in [0.15, 0.2) is 72.2 Å². The lowest BCUT2D eigenvalue weighted by atomic mass is 10.2. The topological polar surface area (TPSA) is 63.5 Å². The summed E-state index contributed by atoms with van der Waals surface area (Å²) >= 11 is 0. The molecule has 0 aliphatic rings. The Bertz CT molecular complexity index is 934. The fourth-order valence-electron chi connectivity index (χ4n) is 2.96. The van der Waals surface area contributed by atoms with Crippen LogP contribution < -0.4 is 10.6 Å². The van der Waals surface area contributed by atoms with E-state index in [4.69, 9.17) is 4.74 Å². The normalized spacial score (nSPS) is 12.2. The highest BCUT2D eigenvalue weighted by Gasteiger charge is 2.07. The maximum atomic E-state index is 14.4. The lowest BCUT2D eigenvalue weighted by Crippen LogP contribution is -2.39. The molecule has 0 bridgehead atoms. The number of ether oxygens (including phenoxy) is 1. The molecule has 0 aliphatic carbocycles. The first-order chi connectivity index (χ1) is 14.7. The molecule has 1 heterocycles. The van der Waals surface area contributed by atoms with Crippen molar-refractivity contribution >= 4 is 29.9 Å². The lowest BCUT2D eigenvalue weighted by Gasteiger charge is -2.16. The Morgan fingerprint density at radius 2 is 1.97 bits per heavy atom. The Morgan fingerprint density at radius 1 is 1.16 bits per heavy atom. The first kappa shape index (κ1) is 24.8. The van der Waals surface area contributed by atoms with Gasteiger partial charge < -0.3 is 19.9 Å². The monoisotopic (exact) mass is 537 g/mol. The van der Waals surface area contributed by atoms with Gasteiger partial charge in [0, 0.05) is 32.5 Å². The molecule has 31 heavy (non-hydrogen) atoms. The molecule has 2 N–H and O–H groups in total. The molecule has 2 aromatic carbocycles. The second-order valence-corrected chi connectivity index (χ2v) is 7.17. The molecule has 0 spiro atoms. The maximum absolute atomic E-state index is 14.4. The van der Waals surface area contributed by atoms with E-state index in [9.17, 15) is 4.39 Å². The van der Waals surface area contributed by atoms with E-state index in [1.807, 2.05) is 24.3 Å². The molecule has 3 rings (SSSR count). The molecule has 1 atom stereocenters. The van der Waals surface area contributed by atoms with Crippen molar-refractivity contribution < 1.29 is 9.13 Å². The predicted molar refractivity (Wildman–Crippen MR) is 132 cm³/mol. The molecule has 0 amide bonds. The van der Waals surface area contributed by atoms with Crippen LogP contribution in [0.25, 0.3) is 5.69 Å². The molecule has 0 fully saturated rings. The summed E-state index contributed by atoms with van der Waals surface area (Å²) in [5.74, 6) is 0.697. The number of aromatic nitrogens is 2. The molecule has 8 heteroatoms. The van der Waals surface area contributed by atoms with Crippen molar-refractivity contribution in [2.75, 3.05) is 20.2 Å². The van der Waals surface area contributed by atoms with Crippen LogP contribution >= 0.6 is 24.0 Å². The third-order valence-electron chi connectivity index (χ3n) is 4.61. The van der Waals surface area contributed by atoms with Gasteiger partial charge in [-0.3, -0.25) is 4.99 Å². The minimum absolute atomic E-state index is 0. The lowest BCUT2D eigenvalue weighted by molar-refractivity contribution is 0.0931. The van der Waals surface area contributed by atoms with Gasteiger partial charge >= 0.3 is 0 Å². The van der Waals surface area contributed by atoms with Gasteiger partial charge in [-0.05, 0) is 29.2 Å². The van der Waals surface area contributed by atoms with Crippen LogP contribution in [0, 0.1) is 11.7 Å². The Labute approximate surface area is 200 Å². The van der Waals surface area contributed by atoms with Crippen molar-refractivity contribution in [1.82, 2.24) is 20.2 Å². The highest BCUT2D eigenvalue weighted by molar-refractivity contribution is 14.0. The molecule has 1 unspecified atom stereocenters. The van der Waals surface area contributed by atoms with Crippen LogP contribution in [0.3, 0.4) is 0 Å². The largest absolute Gasteiger partial charge is 0.376 e. The third-order valence-corrected chi connectivity index (χ3v) is 4.61. The zero-order chi connectivity index (χ0) is 21.2. The van der Waals surface area contributed by atoms with Crippen LogP contribution in [0.5, 0.6) is 0 Å². The molecule has 0 radical (unpaired) electrons. The molecule has 3 aromatic rings. The second-order valence-electron chi connectivity index (χ2n) is 7.17. The van der Waals surface area contributed by atoms with E-state index in [0.29, 0.717) is 37.3 Å². The van der Waals surface area contributed by atoms with Crippen molar-refractivity contribution in [3.63, 3.8) is 0 Å². The van der Waals surface area contributed by atoms with Gasteiger partial charge in [0.05, 0.1) is 25.2 Å². The molecular weight excluding hydrogens is 508 g/mol. The SMILES string of the molecule is CN=C(NCc1ccc(-n2ccnc2)c(F)c1)NCC(C)COCc1ccccc1.I. The van der Waals surface area contributed by atoms with E-state index < -0.39 is 0 Å². The highest BCUT2D eigenvalue weighted by Crippen LogP contribution is 2.14. The Hall–Kier alpha value is -2.46. The van der Waals surface area contributed by atoms with E-state index in [1.54, 1.807) is 36.4 Å². The summed E-state index contributed by atoms with van der Waals surface area (Å²) < 4.78 is 21.8. The smallest absolute Gasteiger partial charge is 0.191 e. The first-order valence-electron chi connectivity index (χ1n) is 9.98. The summed E-state index contributed by atoms with van der Waals surface area (Å²) in [6, 6.07) is 15.3. The molecule has 166 valence electrons. The molecule has 0 aliphatic heterocycles. The van der Waals surface area contributed by atoms with Crippen molar-refractivity contribution in [2.24, 2.45) is 10.9 Å². The van der Waals surface area contributed by atoms with E-state index >= 15 is 0 Å². The molecular formula is C23H29FIN5O. The summed E-state index contributed by atoms with van der Waals surface area (Å²) in [6.07, 6.45) is 4.91. The molecule has 0 saturated carbocycles. The number of hydrogen-bond donors (Lipinski definition) is 2. The number of halogens is 2. The molecule has 1 aromatic heterocycles. The van der Waals surface area contributed by atoms with Crippen LogP contribution in [0.4, 0.5) is 4.39 Å². The van der Waals surface area contributed by atoms with Crippen molar-refractivity contribution in [2.45, 2.75) is 20.1 Å². The summed E-state index contributed by atoms with van der Waals surface area (Å²) in [5.41, 5.74) is 2.48. The fourth-order valence-corrected chi connectivity index (χ4v) is 2.96. The van der Waals surface area contributed by atoms with Crippen molar-refractivity contribution in [1.29, 1.82) is 0 Å². The van der Waals surface area contributed by atoms with Gasteiger partial charge in [-0.25, -0.2) is 9.37 Å².